The molecule has 0 radical (unpaired) electrons. The van der Waals surface area contributed by atoms with Crippen molar-refractivity contribution in [1.82, 2.24) is 4.90 Å². The van der Waals surface area contributed by atoms with Crippen LogP contribution < -0.4 is 0 Å². The van der Waals surface area contributed by atoms with Crippen LogP contribution in [0.15, 0.2) is 65.7 Å². The number of hydrogen-bond acceptors (Lipinski definition) is 2. The summed E-state index contributed by atoms with van der Waals surface area (Å²) in [6.45, 7) is 0. The molecule has 2 aromatic rings. The molecule has 0 aromatic heterocycles. The average molecular weight is 380 g/mol. The van der Waals surface area contributed by atoms with E-state index in [0.717, 1.165) is 16.0 Å². The second-order valence-corrected chi connectivity index (χ2v) is 7.46. The fourth-order valence-electron chi connectivity index (χ4n) is 1.82. The molecule has 5 heteroatoms. The van der Waals surface area contributed by atoms with Gasteiger partial charge in [-0.1, -0.05) is 0 Å². The zero-order chi connectivity index (χ0) is 15.9. The number of aliphatic imine (C=N–C) groups is 1. The molecule has 0 aliphatic heterocycles. The Morgan fingerprint density at radius 2 is 1.59 bits per heavy atom. The van der Waals surface area contributed by atoms with E-state index >= 15 is 0 Å². The molecule has 1 atom stereocenters. The Morgan fingerprint density at radius 3 is 2.09 bits per heavy atom. The molecular weight excluding hydrogens is 363 g/mol. The van der Waals surface area contributed by atoms with Crippen LogP contribution in [0.5, 0.6) is 0 Å². The second kappa shape index (κ2) is 8.14. The van der Waals surface area contributed by atoms with E-state index in [0.29, 0.717) is 0 Å². The summed E-state index contributed by atoms with van der Waals surface area (Å²) >= 11 is 5.64. The van der Waals surface area contributed by atoms with Crippen molar-refractivity contribution in [3.05, 3.63) is 66.2 Å². The van der Waals surface area contributed by atoms with Crippen LogP contribution >= 0.6 is 11.6 Å². The van der Waals surface area contributed by atoms with E-state index in [1.165, 1.54) is 0 Å². The van der Waals surface area contributed by atoms with Crippen LogP contribution in [0.25, 0.3) is 0 Å². The van der Waals surface area contributed by atoms with Gasteiger partial charge in [0.25, 0.3) is 0 Å². The predicted octanol–water partition coefficient (Wildman–Crippen LogP) is 3.45. The third-order valence-electron chi connectivity index (χ3n) is 2.90. The predicted molar refractivity (Wildman–Crippen MR) is 93.0 cm³/mol. The van der Waals surface area contributed by atoms with Gasteiger partial charge in [0.15, 0.2) is 0 Å². The molecule has 0 N–H and O–H groups in total. The average Bonchev–Trinajstić information content (AvgIpc) is 2.52. The number of amidine groups is 1. The fraction of sp³-hybridized carbons (Fsp3) is 0.176. The third kappa shape index (κ3) is 4.70. The van der Waals surface area contributed by atoms with E-state index in [4.69, 9.17) is 11.6 Å². The number of hydrogen-bond donors (Lipinski definition) is 0. The topological polar surface area (TPSA) is 32.7 Å². The number of halogens is 1. The Hall–Kier alpha value is -1.61. The van der Waals surface area contributed by atoms with Crippen LogP contribution in [-0.4, -0.2) is 43.9 Å². The fourth-order valence-corrected chi connectivity index (χ4v) is 4.21. The van der Waals surface area contributed by atoms with E-state index < -0.39 is 0 Å². The van der Waals surface area contributed by atoms with Gasteiger partial charge in [0.1, 0.15) is 0 Å². The van der Waals surface area contributed by atoms with Crippen molar-refractivity contribution in [3.8, 4) is 0 Å². The van der Waals surface area contributed by atoms with Crippen LogP contribution in [0.1, 0.15) is 10.4 Å². The first kappa shape index (κ1) is 16.8. The SMILES string of the molecule is CN(C)C(=Nc1ccccc1)[Se]C(C(=O)Cl)c1ccccc1. The summed E-state index contributed by atoms with van der Waals surface area (Å²) in [5.41, 5.74) is 1.81. The Bertz CT molecular complexity index is 644. The number of para-hydroxylation sites is 1. The van der Waals surface area contributed by atoms with Gasteiger partial charge in [-0.25, -0.2) is 0 Å². The van der Waals surface area contributed by atoms with Gasteiger partial charge in [0.2, 0.25) is 0 Å². The van der Waals surface area contributed by atoms with E-state index in [2.05, 4.69) is 4.99 Å². The zero-order valence-electron chi connectivity index (χ0n) is 12.4. The molecule has 22 heavy (non-hydrogen) atoms. The van der Waals surface area contributed by atoms with Crippen molar-refractivity contribution >= 4 is 42.2 Å². The Morgan fingerprint density at radius 1 is 1.05 bits per heavy atom. The van der Waals surface area contributed by atoms with Crippen LogP contribution in [-0.2, 0) is 4.79 Å². The molecule has 0 bridgehead atoms. The minimum atomic E-state index is -0.339. The molecular formula is C17H17ClN2OSe. The number of nitrogens with zero attached hydrogens (tertiary/aromatic N) is 2. The summed E-state index contributed by atoms with van der Waals surface area (Å²) < 4.78 is 0.876. The molecule has 1 unspecified atom stereocenters. The quantitative estimate of drug-likeness (QED) is 0.345. The Kier molecular flexibility index (Phi) is 6.20. The Balaban J connectivity index is 2.29. The van der Waals surface area contributed by atoms with Gasteiger partial charge in [-0.2, -0.15) is 0 Å². The van der Waals surface area contributed by atoms with Gasteiger partial charge < -0.3 is 0 Å². The summed E-state index contributed by atoms with van der Waals surface area (Å²) in [6.07, 6.45) is 0. The van der Waals surface area contributed by atoms with Gasteiger partial charge in [-0.3, -0.25) is 0 Å². The van der Waals surface area contributed by atoms with Gasteiger partial charge in [0, 0.05) is 0 Å². The number of carbonyl (C=O) groups is 1. The molecule has 0 heterocycles. The van der Waals surface area contributed by atoms with E-state index in [1.807, 2.05) is 79.7 Å². The van der Waals surface area contributed by atoms with Crippen molar-refractivity contribution in [3.63, 3.8) is 0 Å². The number of carbonyl (C=O) groups excluding carboxylic acids is 1. The molecule has 0 fully saturated rings. The molecule has 2 rings (SSSR count). The molecule has 0 saturated heterocycles. The normalized spacial score (nSPS) is 12.8. The molecule has 2 aromatic carbocycles. The molecule has 0 aliphatic carbocycles. The number of benzene rings is 2. The molecule has 0 saturated carbocycles. The zero-order valence-corrected chi connectivity index (χ0v) is 14.9. The van der Waals surface area contributed by atoms with Crippen molar-refractivity contribution in [2.75, 3.05) is 14.1 Å². The summed E-state index contributed by atoms with van der Waals surface area (Å²) in [7, 11) is 3.87. The first-order valence-electron chi connectivity index (χ1n) is 6.80. The monoisotopic (exact) mass is 380 g/mol. The maximum atomic E-state index is 11.9. The van der Waals surface area contributed by atoms with Crippen molar-refractivity contribution in [1.29, 1.82) is 0 Å². The van der Waals surface area contributed by atoms with Crippen molar-refractivity contribution in [2.24, 2.45) is 4.99 Å². The van der Waals surface area contributed by atoms with Gasteiger partial charge >= 0.3 is 142 Å². The van der Waals surface area contributed by atoms with E-state index in [9.17, 15) is 4.79 Å². The van der Waals surface area contributed by atoms with Crippen molar-refractivity contribution < 1.29 is 4.79 Å². The van der Waals surface area contributed by atoms with Gasteiger partial charge in [-0.15, -0.1) is 0 Å². The standard InChI is InChI=1S/C17H17ClN2OSe/c1-20(2)17(19-14-11-7-4-8-12-14)22-15(16(18)21)13-9-5-3-6-10-13/h3-12,15H,1-2H3. The molecule has 0 spiro atoms. The van der Waals surface area contributed by atoms with Crippen LogP contribution in [0.2, 0.25) is 0 Å². The summed E-state index contributed by atoms with van der Waals surface area (Å²) in [5.74, 6) is 0. The Labute approximate surface area is 142 Å². The molecule has 0 amide bonds. The van der Waals surface area contributed by atoms with E-state index in [1.54, 1.807) is 0 Å². The third-order valence-corrected chi connectivity index (χ3v) is 6.32. The first-order valence-corrected chi connectivity index (χ1v) is 9.02. The summed E-state index contributed by atoms with van der Waals surface area (Å²) in [6, 6.07) is 19.4. The minimum absolute atomic E-state index is 0.195. The van der Waals surface area contributed by atoms with Crippen LogP contribution in [0.3, 0.4) is 0 Å². The molecule has 114 valence electrons. The number of rotatable bonds is 5. The van der Waals surface area contributed by atoms with Crippen molar-refractivity contribution in [2.45, 2.75) is 4.82 Å². The van der Waals surface area contributed by atoms with E-state index in [-0.39, 0.29) is 25.0 Å². The first-order chi connectivity index (χ1) is 10.6. The van der Waals surface area contributed by atoms with Crippen LogP contribution in [0, 0.1) is 0 Å². The van der Waals surface area contributed by atoms with Gasteiger partial charge in [0.05, 0.1) is 0 Å². The van der Waals surface area contributed by atoms with Gasteiger partial charge in [-0.05, 0) is 0 Å². The summed E-state index contributed by atoms with van der Waals surface area (Å²) in [5, 5.41) is -0.339. The second-order valence-electron chi connectivity index (χ2n) is 4.84. The maximum absolute atomic E-state index is 11.9. The van der Waals surface area contributed by atoms with Crippen LogP contribution in [0.4, 0.5) is 5.69 Å². The molecule has 0 aliphatic rings. The molecule has 3 nitrogen and oxygen atoms in total. The summed E-state index contributed by atoms with van der Waals surface area (Å²) in [4.78, 5) is 18.1.